The predicted octanol–water partition coefficient (Wildman–Crippen LogP) is 2.79. The first-order valence-electron chi connectivity index (χ1n) is 6.30. The lowest BCUT2D eigenvalue weighted by molar-refractivity contribution is -0.126. The summed E-state index contributed by atoms with van der Waals surface area (Å²) in [6, 6.07) is 0. The van der Waals surface area contributed by atoms with Crippen molar-refractivity contribution < 1.29 is 9.90 Å². The molecule has 0 spiro atoms. The molecule has 0 radical (unpaired) electrons. The maximum atomic E-state index is 11.7. The Morgan fingerprint density at radius 3 is 2.87 bits per heavy atom. The van der Waals surface area contributed by atoms with Gasteiger partial charge in [-0.3, -0.25) is 4.79 Å². The van der Waals surface area contributed by atoms with E-state index in [0.29, 0.717) is 5.78 Å². The average molecular weight is 212 g/mol. The lowest BCUT2D eigenvalue weighted by Crippen LogP contribution is -2.27. The summed E-state index contributed by atoms with van der Waals surface area (Å²) in [5.74, 6) is 1.70. The first kappa shape index (κ1) is 12.7. The molecule has 15 heavy (non-hydrogen) atoms. The quantitative estimate of drug-likeness (QED) is 0.761. The van der Waals surface area contributed by atoms with Gasteiger partial charge in [-0.05, 0) is 31.1 Å². The molecule has 0 aromatic heterocycles. The van der Waals surface area contributed by atoms with E-state index < -0.39 is 0 Å². The van der Waals surface area contributed by atoms with Crippen molar-refractivity contribution in [2.75, 3.05) is 6.61 Å². The number of rotatable bonds is 5. The van der Waals surface area contributed by atoms with Crippen molar-refractivity contribution in [2.45, 2.75) is 52.4 Å². The van der Waals surface area contributed by atoms with Crippen molar-refractivity contribution in [1.29, 1.82) is 0 Å². The highest BCUT2D eigenvalue weighted by Gasteiger charge is 2.28. The molecule has 0 bridgehead atoms. The Balaban J connectivity index is 2.42. The molecule has 88 valence electrons. The zero-order valence-electron chi connectivity index (χ0n) is 10.0. The molecule has 1 saturated carbocycles. The lowest BCUT2D eigenvalue weighted by Gasteiger charge is -2.29. The summed E-state index contributed by atoms with van der Waals surface area (Å²) in [5, 5.41) is 9.01. The fraction of sp³-hybridized carbons (Fsp3) is 0.923. The number of hydrogen-bond donors (Lipinski definition) is 1. The molecule has 0 amide bonds. The molecule has 0 aromatic rings. The van der Waals surface area contributed by atoms with Crippen LogP contribution in [-0.2, 0) is 4.79 Å². The number of aliphatic hydroxyl groups excluding tert-OH is 1. The third-order valence-electron chi connectivity index (χ3n) is 3.57. The van der Waals surface area contributed by atoms with Crippen molar-refractivity contribution in [1.82, 2.24) is 0 Å². The highest BCUT2D eigenvalue weighted by molar-refractivity contribution is 5.81. The second kappa shape index (κ2) is 6.26. The molecule has 1 fully saturated rings. The maximum absolute atomic E-state index is 11.7. The predicted molar refractivity (Wildman–Crippen MR) is 61.6 cm³/mol. The minimum Gasteiger partial charge on any atom is -0.396 e. The highest BCUT2D eigenvalue weighted by Crippen LogP contribution is 2.32. The van der Waals surface area contributed by atoms with E-state index in [0.717, 1.165) is 31.6 Å². The zero-order valence-corrected chi connectivity index (χ0v) is 10.0. The Labute approximate surface area is 93.1 Å². The average Bonchev–Trinajstić information content (AvgIpc) is 2.23. The summed E-state index contributed by atoms with van der Waals surface area (Å²) < 4.78 is 0. The molecule has 1 aliphatic carbocycles. The SMILES string of the molecule is CCCC1CCC(=O)C(CC(C)CO)C1. The molecule has 1 aliphatic rings. The van der Waals surface area contributed by atoms with Crippen LogP contribution in [0.4, 0.5) is 0 Å². The van der Waals surface area contributed by atoms with Crippen molar-refractivity contribution in [3.63, 3.8) is 0 Å². The number of carbonyl (C=O) groups excluding carboxylic acids is 1. The van der Waals surface area contributed by atoms with E-state index in [-0.39, 0.29) is 18.4 Å². The second-order valence-corrected chi connectivity index (χ2v) is 5.12. The van der Waals surface area contributed by atoms with Gasteiger partial charge in [0.05, 0.1) is 0 Å². The summed E-state index contributed by atoms with van der Waals surface area (Å²) in [6.07, 6.45) is 6.30. The van der Waals surface area contributed by atoms with Crippen LogP contribution < -0.4 is 0 Å². The summed E-state index contributed by atoms with van der Waals surface area (Å²) >= 11 is 0. The van der Waals surface area contributed by atoms with Gasteiger partial charge in [0, 0.05) is 18.9 Å². The third kappa shape index (κ3) is 3.94. The van der Waals surface area contributed by atoms with E-state index in [1.54, 1.807) is 0 Å². The monoisotopic (exact) mass is 212 g/mol. The Morgan fingerprint density at radius 2 is 2.27 bits per heavy atom. The van der Waals surface area contributed by atoms with Crippen LogP contribution in [0.2, 0.25) is 0 Å². The minimum absolute atomic E-state index is 0.211. The van der Waals surface area contributed by atoms with Crippen LogP contribution in [0.3, 0.4) is 0 Å². The van der Waals surface area contributed by atoms with E-state index in [9.17, 15) is 4.79 Å². The standard InChI is InChI=1S/C13H24O2/c1-3-4-11-5-6-13(15)12(8-11)7-10(2)9-14/h10-12,14H,3-9H2,1-2H3. The molecule has 0 aliphatic heterocycles. The largest absolute Gasteiger partial charge is 0.396 e. The van der Waals surface area contributed by atoms with Gasteiger partial charge in [-0.25, -0.2) is 0 Å². The topological polar surface area (TPSA) is 37.3 Å². The van der Waals surface area contributed by atoms with Crippen LogP contribution in [0.15, 0.2) is 0 Å². The van der Waals surface area contributed by atoms with Gasteiger partial charge in [-0.15, -0.1) is 0 Å². The molecular formula is C13H24O2. The minimum atomic E-state index is 0.211. The molecule has 0 heterocycles. The summed E-state index contributed by atoms with van der Waals surface area (Å²) in [5.41, 5.74) is 0. The van der Waals surface area contributed by atoms with Gasteiger partial charge in [-0.2, -0.15) is 0 Å². The van der Waals surface area contributed by atoms with Crippen molar-refractivity contribution in [3.8, 4) is 0 Å². The molecule has 0 saturated heterocycles. The van der Waals surface area contributed by atoms with Crippen LogP contribution in [0.25, 0.3) is 0 Å². The highest BCUT2D eigenvalue weighted by atomic mass is 16.3. The first-order valence-corrected chi connectivity index (χ1v) is 6.30. The molecule has 3 atom stereocenters. The van der Waals surface area contributed by atoms with Crippen LogP contribution in [0, 0.1) is 17.8 Å². The Kier molecular flexibility index (Phi) is 5.30. The fourth-order valence-electron chi connectivity index (χ4n) is 2.66. The van der Waals surface area contributed by atoms with Crippen LogP contribution in [0.5, 0.6) is 0 Å². The van der Waals surface area contributed by atoms with Crippen molar-refractivity contribution in [3.05, 3.63) is 0 Å². The zero-order chi connectivity index (χ0) is 11.3. The van der Waals surface area contributed by atoms with Gasteiger partial charge in [0.1, 0.15) is 5.78 Å². The van der Waals surface area contributed by atoms with E-state index in [1.807, 2.05) is 6.92 Å². The van der Waals surface area contributed by atoms with Crippen LogP contribution in [-0.4, -0.2) is 17.5 Å². The lowest BCUT2D eigenvalue weighted by atomic mass is 9.75. The Bertz CT molecular complexity index is 201. The fourth-order valence-corrected chi connectivity index (χ4v) is 2.66. The van der Waals surface area contributed by atoms with Crippen molar-refractivity contribution in [2.24, 2.45) is 17.8 Å². The van der Waals surface area contributed by atoms with Gasteiger partial charge >= 0.3 is 0 Å². The number of Topliss-reactive ketones (excluding diaryl/α,β-unsaturated/α-hetero) is 1. The van der Waals surface area contributed by atoms with Gasteiger partial charge in [0.25, 0.3) is 0 Å². The van der Waals surface area contributed by atoms with E-state index >= 15 is 0 Å². The molecule has 0 aromatic carbocycles. The number of carbonyl (C=O) groups is 1. The van der Waals surface area contributed by atoms with Gasteiger partial charge < -0.3 is 5.11 Å². The van der Waals surface area contributed by atoms with Crippen LogP contribution >= 0.6 is 0 Å². The third-order valence-corrected chi connectivity index (χ3v) is 3.57. The molecule has 2 nitrogen and oxygen atoms in total. The summed E-state index contributed by atoms with van der Waals surface area (Å²) in [7, 11) is 0. The second-order valence-electron chi connectivity index (χ2n) is 5.12. The normalized spacial score (nSPS) is 29.1. The van der Waals surface area contributed by atoms with Crippen LogP contribution in [0.1, 0.15) is 52.4 Å². The smallest absolute Gasteiger partial charge is 0.136 e. The first-order chi connectivity index (χ1) is 7.17. The molecular weight excluding hydrogens is 188 g/mol. The van der Waals surface area contributed by atoms with E-state index in [1.165, 1.54) is 12.8 Å². The van der Waals surface area contributed by atoms with Crippen molar-refractivity contribution >= 4 is 5.78 Å². The Hall–Kier alpha value is -0.370. The van der Waals surface area contributed by atoms with E-state index in [2.05, 4.69) is 6.92 Å². The molecule has 2 heteroatoms. The summed E-state index contributed by atoms with van der Waals surface area (Å²) in [6.45, 7) is 4.45. The summed E-state index contributed by atoms with van der Waals surface area (Å²) in [4.78, 5) is 11.7. The van der Waals surface area contributed by atoms with Gasteiger partial charge in [0.15, 0.2) is 0 Å². The molecule has 3 unspecified atom stereocenters. The number of aliphatic hydroxyl groups is 1. The van der Waals surface area contributed by atoms with Gasteiger partial charge in [0.2, 0.25) is 0 Å². The number of hydrogen-bond acceptors (Lipinski definition) is 2. The molecule has 1 rings (SSSR count). The molecule has 1 N–H and O–H groups in total. The van der Waals surface area contributed by atoms with Gasteiger partial charge in [-0.1, -0.05) is 26.7 Å². The Morgan fingerprint density at radius 1 is 1.53 bits per heavy atom. The number of ketones is 1. The maximum Gasteiger partial charge on any atom is 0.136 e. The van der Waals surface area contributed by atoms with E-state index in [4.69, 9.17) is 5.11 Å².